The topological polar surface area (TPSA) is 125 Å². The van der Waals surface area contributed by atoms with Crippen LogP contribution in [0.2, 0.25) is 0 Å². The number of nitrogens with zero attached hydrogens (tertiary/aromatic N) is 6. The van der Waals surface area contributed by atoms with Crippen molar-refractivity contribution in [2.75, 3.05) is 24.5 Å². The van der Waals surface area contributed by atoms with E-state index in [1.807, 2.05) is 6.07 Å². The fourth-order valence-electron chi connectivity index (χ4n) is 4.15. The average molecular weight is 416 g/mol. The second-order valence-electron chi connectivity index (χ2n) is 7.68. The number of aromatic nitrogens is 1. The number of piperidine rings is 1. The summed E-state index contributed by atoms with van der Waals surface area (Å²) in [5.74, 6) is 0.189. The Balaban J connectivity index is 1.64. The fraction of sp³-hybridized carbons (Fsp3) is 0.318. The number of carbonyl (C=O) groups excluding carboxylic acids is 1. The molecule has 0 aliphatic carbocycles. The van der Waals surface area contributed by atoms with Crippen LogP contribution in [-0.2, 0) is 6.54 Å². The number of urea groups is 1. The Morgan fingerprint density at radius 2 is 1.94 bits per heavy atom. The van der Waals surface area contributed by atoms with Crippen LogP contribution in [0.3, 0.4) is 0 Å². The predicted molar refractivity (Wildman–Crippen MR) is 110 cm³/mol. The minimum absolute atomic E-state index is 0.189. The van der Waals surface area contributed by atoms with Crippen molar-refractivity contribution in [3.63, 3.8) is 0 Å². The van der Waals surface area contributed by atoms with Gasteiger partial charge in [0.2, 0.25) is 0 Å². The van der Waals surface area contributed by atoms with Crippen LogP contribution < -0.4 is 4.90 Å². The predicted octanol–water partition coefficient (Wildman–Crippen LogP) is 3.29. The molecule has 1 saturated heterocycles. The van der Waals surface area contributed by atoms with Crippen LogP contribution in [0, 0.1) is 28.6 Å². The summed E-state index contributed by atoms with van der Waals surface area (Å²) in [6.45, 7) is 1.78. The van der Waals surface area contributed by atoms with Gasteiger partial charge >= 0.3 is 12.1 Å². The van der Waals surface area contributed by atoms with Gasteiger partial charge in [-0.3, -0.25) is 4.90 Å². The van der Waals surface area contributed by atoms with Crippen molar-refractivity contribution in [1.29, 1.82) is 10.5 Å². The van der Waals surface area contributed by atoms with Gasteiger partial charge in [0.05, 0.1) is 23.0 Å². The Morgan fingerprint density at radius 1 is 1.16 bits per heavy atom. The van der Waals surface area contributed by atoms with Crippen LogP contribution >= 0.6 is 0 Å². The van der Waals surface area contributed by atoms with Gasteiger partial charge in [-0.05, 0) is 54.7 Å². The molecule has 31 heavy (non-hydrogen) atoms. The van der Waals surface area contributed by atoms with Crippen molar-refractivity contribution in [1.82, 2.24) is 14.8 Å². The van der Waals surface area contributed by atoms with E-state index in [1.54, 1.807) is 40.1 Å². The number of amides is 3. The van der Waals surface area contributed by atoms with Gasteiger partial charge in [-0.25, -0.2) is 14.6 Å². The first-order valence-corrected chi connectivity index (χ1v) is 9.96. The first kappa shape index (κ1) is 20.2. The number of hydrogen-bond donors (Lipinski definition) is 1. The molecule has 1 fully saturated rings. The molecular weight excluding hydrogens is 396 g/mol. The molecule has 2 aliphatic heterocycles. The number of likely N-dealkylation sites (tertiary alicyclic amines) is 1. The summed E-state index contributed by atoms with van der Waals surface area (Å²) in [6, 6.07) is 12.4. The second-order valence-corrected chi connectivity index (χ2v) is 7.68. The molecule has 9 heteroatoms. The zero-order valence-corrected chi connectivity index (χ0v) is 16.7. The van der Waals surface area contributed by atoms with Crippen molar-refractivity contribution in [3.8, 4) is 12.1 Å². The van der Waals surface area contributed by atoms with Crippen LogP contribution in [0.5, 0.6) is 0 Å². The Bertz CT molecular complexity index is 1110. The summed E-state index contributed by atoms with van der Waals surface area (Å²) in [5.41, 5.74) is 2.77. The van der Waals surface area contributed by atoms with Gasteiger partial charge in [-0.15, -0.1) is 0 Å². The maximum atomic E-state index is 13.5. The molecule has 3 heterocycles. The number of hydrogen-bond acceptors (Lipinski definition) is 5. The lowest BCUT2D eigenvalue weighted by Gasteiger charge is -2.40. The van der Waals surface area contributed by atoms with Gasteiger partial charge in [-0.2, -0.15) is 10.5 Å². The Kier molecular flexibility index (Phi) is 5.42. The van der Waals surface area contributed by atoms with E-state index in [1.165, 1.54) is 11.1 Å². The van der Waals surface area contributed by atoms with Gasteiger partial charge in [0.15, 0.2) is 0 Å². The monoisotopic (exact) mass is 416 g/mol. The van der Waals surface area contributed by atoms with E-state index in [9.17, 15) is 20.1 Å². The molecule has 156 valence electrons. The molecule has 1 aromatic heterocycles. The number of carboxylic acid groups (broad SMARTS) is 1. The average Bonchev–Trinajstić information content (AvgIpc) is 2.79. The smallest absolute Gasteiger partial charge is 0.407 e. The van der Waals surface area contributed by atoms with Gasteiger partial charge < -0.3 is 14.9 Å². The zero-order chi connectivity index (χ0) is 22.0. The van der Waals surface area contributed by atoms with E-state index in [-0.39, 0.29) is 17.6 Å². The van der Waals surface area contributed by atoms with Crippen molar-refractivity contribution in [3.05, 3.63) is 53.3 Å². The highest BCUT2D eigenvalue weighted by atomic mass is 16.4. The quantitative estimate of drug-likeness (QED) is 0.819. The normalized spacial score (nSPS) is 16.5. The molecule has 1 aromatic carbocycles. The summed E-state index contributed by atoms with van der Waals surface area (Å²) in [4.78, 5) is 33.3. The van der Waals surface area contributed by atoms with Crippen LogP contribution in [0.1, 0.15) is 29.7 Å². The second kappa shape index (κ2) is 8.33. The van der Waals surface area contributed by atoms with Crippen LogP contribution in [0.25, 0.3) is 0 Å². The van der Waals surface area contributed by atoms with E-state index in [4.69, 9.17) is 5.11 Å². The minimum Gasteiger partial charge on any atom is -0.465 e. The van der Waals surface area contributed by atoms with Crippen molar-refractivity contribution in [2.24, 2.45) is 5.92 Å². The van der Waals surface area contributed by atoms with Crippen LogP contribution in [0.15, 0.2) is 36.5 Å². The highest BCUT2D eigenvalue weighted by Gasteiger charge is 2.34. The van der Waals surface area contributed by atoms with Crippen molar-refractivity contribution in [2.45, 2.75) is 19.4 Å². The molecule has 2 aromatic rings. The third kappa shape index (κ3) is 3.99. The molecule has 0 bridgehead atoms. The van der Waals surface area contributed by atoms with E-state index < -0.39 is 6.09 Å². The molecule has 1 N–H and O–H groups in total. The highest BCUT2D eigenvalue weighted by molar-refractivity contribution is 6.02. The molecule has 0 saturated carbocycles. The Morgan fingerprint density at radius 3 is 2.61 bits per heavy atom. The number of nitriles is 2. The molecule has 9 nitrogen and oxygen atoms in total. The van der Waals surface area contributed by atoms with Crippen molar-refractivity contribution < 1.29 is 14.7 Å². The molecule has 0 unspecified atom stereocenters. The van der Waals surface area contributed by atoms with E-state index in [0.717, 1.165) is 5.56 Å². The third-order valence-electron chi connectivity index (χ3n) is 5.75. The Labute approximate surface area is 179 Å². The molecule has 2 aliphatic rings. The van der Waals surface area contributed by atoms with E-state index >= 15 is 0 Å². The molecule has 0 radical (unpaired) electrons. The van der Waals surface area contributed by atoms with Crippen molar-refractivity contribution >= 4 is 23.5 Å². The fourth-order valence-corrected chi connectivity index (χ4v) is 4.15. The first-order chi connectivity index (χ1) is 15.0. The minimum atomic E-state index is -0.914. The molecule has 4 rings (SSSR count). The number of benzene rings is 1. The van der Waals surface area contributed by atoms with Crippen LogP contribution in [0.4, 0.5) is 21.0 Å². The molecule has 0 spiro atoms. The van der Waals surface area contributed by atoms with E-state index in [0.29, 0.717) is 56.0 Å². The zero-order valence-electron chi connectivity index (χ0n) is 16.7. The van der Waals surface area contributed by atoms with Crippen LogP contribution in [-0.4, -0.2) is 51.6 Å². The summed E-state index contributed by atoms with van der Waals surface area (Å²) in [7, 11) is 0. The Hall–Kier alpha value is -4.11. The lowest BCUT2D eigenvalue weighted by atomic mass is 9.95. The largest absolute Gasteiger partial charge is 0.465 e. The van der Waals surface area contributed by atoms with E-state index in [2.05, 4.69) is 11.1 Å². The standard InChI is InChI=1S/C22H20N6O3/c23-11-16-1-2-20-17(9-16)14-27(13-15-4-7-26(8-5-15)22(30)31)21(29)28(20)19-3-6-25-18(10-19)12-24/h1-3,6,9-10,15H,4-5,7-8,13-14H2,(H,30,31). The SMILES string of the molecule is N#Cc1ccc2c(c1)CN(CC1CCN(C(=O)O)CC1)C(=O)N2c1ccnc(C#N)c1. The first-order valence-electron chi connectivity index (χ1n) is 9.96. The molecule has 0 atom stereocenters. The lowest BCUT2D eigenvalue weighted by molar-refractivity contribution is 0.115. The summed E-state index contributed by atoms with van der Waals surface area (Å²) in [6.07, 6.45) is 1.96. The highest BCUT2D eigenvalue weighted by Crippen LogP contribution is 2.36. The maximum Gasteiger partial charge on any atom is 0.407 e. The number of fused-ring (bicyclic) bond motifs is 1. The third-order valence-corrected chi connectivity index (χ3v) is 5.75. The summed E-state index contributed by atoms with van der Waals surface area (Å²) in [5, 5.41) is 27.7. The van der Waals surface area contributed by atoms with Gasteiger partial charge in [0, 0.05) is 32.4 Å². The molecule has 3 amide bonds. The maximum absolute atomic E-state index is 13.5. The number of carbonyl (C=O) groups is 2. The summed E-state index contributed by atoms with van der Waals surface area (Å²) < 4.78 is 0. The van der Waals surface area contributed by atoms with Gasteiger partial charge in [-0.1, -0.05) is 0 Å². The van der Waals surface area contributed by atoms with Gasteiger partial charge in [0.1, 0.15) is 11.8 Å². The lowest BCUT2D eigenvalue weighted by Crippen LogP contribution is -2.48. The summed E-state index contributed by atoms with van der Waals surface area (Å²) >= 11 is 0. The number of anilines is 2. The number of rotatable bonds is 3. The number of pyridine rings is 1. The molecular formula is C22H20N6O3. The van der Waals surface area contributed by atoms with Gasteiger partial charge in [0.25, 0.3) is 0 Å².